The van der Waals surface area contributed by atoms with Crippen molar-refractivity contribution in [2.45, 2.75) is 47.5 Å². The Bertz CT molecular complexity index is 273. The summed E-state index contributed by atoms with van der Waals surface area (Å²) < 4.78 is 0. The van der Waals surface area contributed by atoms with Crippen LogP contribution < -0.4 is 0 Å². The van der Waals surface area contributed by atoms with E-state index in [0.29, 0.717) is 17.6 Å². The standard InChI is InChI=1S/C14H24O/c1-7-13(3,4)9-14(5,6)12-8-11(12)10(2)15/h7,11-12H,1,8-9H2,2-6H3. The molecular weight excluding hydrogens is 184 g/mol. The SMILES string of the molecule is C=CC(C)(C)CC(C)(C)C1CC1C(C)=O. The van der Waals surface area contributed by atoms with Gasteiger partial charge in [0.05, 0.1) is 0 Å². The number of ketones is 1. The highest BCUT2D eigenvalue weighted by atomic mass is 16.1. The number of hydrogen-bond donors (Lipinski definition) is 0. The predicted octanol–water partition coefficient (Wildman–Crippen LogP) is 3.84. The summed E-state index contributed by atoms with van der Waals surface area (Å²) in [5.74, 6) is 1.29. The molecule has 0 heterocycles. The first-order chi connectivity index (χ1) is 6.69. The van der Waals surface area contributed by atoms with Crippen LogP contribution in [0.1, 0.15) is 47.5 Å². The minimum absolute atomic E-state index is 0.174. The van der Waals surface area contributed by atoms with Crippen molar-refractivity contribution in [3.63, 3.8) is 0 Å². The van der Waals surface area contributed by atoms with Crippen molar-refractivity contribution in [2.75, 3.05) is 0 Å². The summed E-state index contributed by atoms with van der Waals surface area (Å²) in [6.45, 7) is 14.6. The van der Waals surface area contributed by atoms with Gasteiger partial charge >= 0.3 is 0 Å². The molecule has 0 radical (unpaired) electrons. The minimum Gasteiger partial charge on any atom is -0.300 e. The molecule has 1 aliphatic carbocycles. The monoisotopic (exact) mass is 208 g/mol. The lowest BCUT2D eigenvalue weighted by Gasteiger charge is -2.33. The third-order valence-electron chi connectivity index (χ3n) is 3.78. The van der Waals surface area contributed by atoms with Crippen LogP contribution in [0.3, 0.4) is 0 Å². The highest BCUT2D eigenvalue weighted by molar-refractivity contribution is 5.81. The average Bonchev–Trinajstić information content (AvgIpc) is 2.80. The summed E-state index contributed by atoms with van der Waals surface area (Å²) in [5.41, 5.74) is 0.432. The summed E-state index contributed by atoms with van der Waals surface area (Å²) in [5, 5.41) is 0. The molecule has 1 aliphatic rings. The number of carbonyl (C=O) groups is 1. The Morgan fingerprint density at radius 1 is 1.40 bits per heavy atom. The molecule has 0 aromatic heterocycles. The van der Waals surface area contributed by atoms with Gasteiger partial charge in [-0.25, -0.2) is 0 Å². The lowest BCUT2D eigenvalue weighted by atomic mass is 9.72. The van der Waals surface area contributed by atoms with Crippen LogP contribution in [0.15, 0.2) is 12.7 Å². The maximum Gasteiger partial charge on any atom is 0.133 e. The first-order valence-electron chi connectivity index (χ1n) is 5.84. The molecule has 0 aliphatic heterocycles. The van der Waals surface area contributed by atoms with Gasteiger partial charge in [-0.1, -0.05) is 33.8 Å². The van der Waals surface area contributed by atoms with Crippen LogP contribution in [0.25, 0.3) is 0 Å². The fraction of sp³-hybridized carbons (Fsp3) is 0.786. The number of allylic oxidation sites excluding steroid dienone is 1. The van der Waals surface area contributed by atoms with Gasteiger partial charge in [-0.2, -0.15) is 0 Å². The molecule has 0 bridgehead atoms. The zero-order chi connectivity index (χ0) is 11.9. The average molecular weight is 208 g/mol. The van der Waals surface area contributed by atoms with Crippen LogP contribution in [-0.2, 0) is 4.79 Å². The van der Waals surface area contributed by atoms with E-state index in [2.05, 4.69) is 34.3 Å². The molecule has 0 amide bonds. The van der Waals surface area contributed by atoms with Gasteiger partial charge in [0.1, 0.15) is 5.78 Å². The Labute approximate surface area is 93.9 Å². The van der Waals surface area contributed by atoms with Gasteiger partial charge < -0.3 is 0 Å². The minimum atomic E-state index is 0.174. The summed E-state index contributed by atoms with van der Waals surface area (Å²) >= 11 is 0. The number of hydrogen-bond acceptors (Lipinski definition) is 1. The van der Waals surface area contributed by atoms with Crippen molar-refractivity contribution < 1.29 is 4.79 Å². The van der Waals surface area contributed by atoms with Gasteiger partial charge in [0, 0.05) is 5.92 Å². The Kier molecular flexibility index (Phi) is 3.14. The van der Waals surface area contributed by atoms with Gasteiger partial charge in [0.25, 0.3) is 0 Å². The Hall–Kier alpha value is -0.590. The van der Waals surface area contributed by atoms with E-state index in [0.717, 1.165) is 12.8 Å². The molecule has 0 N–H and O–H groups in total. The van der Waals surface area contributed by atoms with E-state index in [4.69, 9.17) is 0 Å². The molecule has 1 saturated carbocycles. The zero-order valence-corrected chi connectivity index (χ0v) is 10.8. The van der Waals surface area contributed by atoms with Crippen molar-refractivity contribution in [2.24, 2.45) is 22.7 Å². The predicted molar refractivity (Wildman–Crippen MR) is 64.7 cm³/mol. The number of rotatable bonds is 5. The fourth-order valence-electron chi connectivity index (χ4n) is 2.89. The molecule has 0 aromatic carbocycles. The normalized spacial score (nSPS) is 26.2. The van der Waals surface area contributed by atoms with Crippen LogP contribution in [-0.4, -0.2) is 5.78 Å². The second-order valence-electron chi connectivity index (χ2n) is 6.42. The molecule has 0 spiro atoms. The second kappa shape index (κ2) is 3.77. The van der Waals surface area contributed by atoms with Crippen molar-refractivity contribution in [1.29, 1.82) is 0 Å². The third-order valence-corrected chi connectivity index (χ3v) is 3.78. The second-order valence-corrected chi connectivity index (χ2v) is 6.42. The lowest BCUT2D eigenvalue weighted by Crippen LogP contribution is -2.24. The molecule has 1 heteroatoms. The molecule has 0 saturated heterocycles. The van der Waals surface area contributed by atoms with E-state index >= 15 is 0 Å². The van der Waals surface area contributed by atoms with Crippen molar-refractivity contribution in [3.05, 3.63) is 12.7 Å². The molecule has 86 valence electrons. The van der Waals surface area contributed by atoms with E-state index in [1.54, 1.807) is 6.92 Å². The number of carbonyl (C=O) groups excluding carboxylic acids is 1. The van der Waals surface area contributed by atoms with E-state index in [1.807, 2.05) is 6.08 Å². The summed E-state index contributed by atoms with van der Waals surface area (Å²) in [6, 6.07) is 0. The summed E-state index contributed by atoms with van der Waals surface area (Å²) in [4.78, 5) is 11.3. The maximum absolute atomic E-state index is 11.3. The topological polar surface area (TPSA) is 17.1 Å². The zero-order valence-electron chi connectivity index (χ0n) is 10.8. The van der Waals surface area contributed by atoms with Gasteiger partial charge in [-0.3, -0.25) is 4.79 Å². The van der Waals surface area contributed by atoms with Gasteiger partial charge in [-0.05, 0) is 36.5 Å². The van der Waals surface area contributed by atoms with Crippen LogP contribution >= 0.6 is 0 Å². The van der Waals surface area contributed by atoms with Crippen molar-refractivity contribution in [1.82, 2.24) is 0 Å². The molecular formula is C14H24O. The lowest BCUT2D eigenvalue weighted by molar-refractivity contribution is -0.118. The van der Waals surface area contributed by atoms with Crippen LogP contribution in [0.2, 0.25) is 0 Å². The third kappa shape index (κ3) is 2.93. The summed E-state index contributed by atoms with van der Waals surface area (Å²) in [7, 11) is 0. The molecule has 1 nitrogen and oxygen atoms in total. The van der Waals surface area contributed by atoms with E-state index in [1.165, 1.54) is 0 Å². The van der Waals surface area contributed by atoms with E-state index < -0.39 is 0 Å². The molecule has 0 aromatic rings. The van der Waals surface area contributed by atoms with E-state index in [-0.39, 0.29) is 10.8 Å². The largest absolute Gasteiger partial charge is 0.300 e. The molecule has 1 fully saturated rings. The van der Waals surface area contributed by atoms with Gasteiger partial charge in [-0.15, -0.1) is 6.58 Å². The summed E-state index contributed by atoms with van der Waals surface area (Å²) in [6.07, 6.45) is 4.23. The highest BCUT2D eigenvalue weighted by Gasteiger charge is 2.50. The smallest absolute Gasteiger partial charge is 0.133 e. The number of Topliss-reactive ketones (excluding diaryl/α,β-unsaturated/α-hetero) is 1. The molecule has 1 rings (SSSR count). The molecule has 15 heavy (non-hydrogen) atoms. The van der Waals surface area contributed by atoms with Crippen LogP contribution in [0, 0.1) is 22.7 Å². The van der Waals surface area contributed by atoms with E-state index in [9.17, 15) is 4.79 Å². The van der Waals surface area contributed by atoms with Gasteiger partial charge in [0.2, 0.25) is 0 Å². The maximum atomic E-state index is 11.3. The highest BCUT2D eigenvalue weighted by Crippen LogP contribution is 2.55. The Morgan fingerprint density at radius 3 is 2.27 bits per heavy atom. The quantitative estimate of drug-likeness (QED) is 0.627. The van der Waals surface area contributed by atoms with Crippen LogP contribution in [0.5, 0.6) is 0 Å². The Morgan fingerprint density at radius 2 is 1.93 bits per heavy atom. The van der Waals surface area contributed by atoms with Crippen molar-refractivity contribution >= 4 is 5.78 Å². The first-order valence-corrected chi connectivity index (χ1v) is 5.84. The first kappa shape index (κ1) is 12.5. The van der Waals surface area contributed by atoms with Crippen molar-refractivity contribution in [3.8, 4) is 0 Å². The molecule has 2 atom stereocenters. The van der Waals surface area contributed by atoms with Gasteiger partial charge in [0.15, 0.2) is 0 Å². The Balaban J connectivity index is 2.62. The van der Waals surface area contributed by atoms with Crippen LogP contribution in [0.4, 0.5) is 0 Å². The fourth-order valence-corrected chi connectivity index (χ4v) is 2.89. The molecule has 2 unspecified atom stereocenters.